The molecule has 0 bridgehead atoms. The second-order valence-corrected chi connectivity index (χ2v) is 7.07. The summed E-state index contributed by atoms with van der Waals surface area (Å²) in [5.74, 6) is 1.34. The van der Waals surface area contributed by atoms with Crippen LogP contribution in [0.25, 0.3) is 0 Å². The highest BCUT2D eigenvalue weighted by Gasteiger charge is 2.17. The molecule has 2 aromatic rings. The van der Waals surface area contributed by atoms with Gasteiger partial charge in [0.15, 0.2) is 18.1 Å². The standard InChI is InChI=1S/C21H30N4O3/c1-3-27-20-11-17(12-22-13-18-14-23-24(2)15-18)7-8-19(20)28-16-21(26)25-9-5-4-6-10-25/h7-8,11,14-15,22H,3-6,9-10,12-13,16H2,1-2H3. The minimum absolute atomic E-state index is 0.0457. The number of benzene rings is 1. The lowest BCUT2D eigenvalue weighted by Crippen LogP contribution is -2.38. The first-order chi connectivity index (χ1) is 13.7. The first-order valence-corrected chi connectivity index (χ1v) is 10.00. The van der Waals surface area contributed by atoms with Gasteiger partial charge in [0.2, 0.25) is 0 Å². The third kappa shape index (κ3) is 5.73. The van der Waals surface area contributed by atoms with Crippen molar-refractivity contribution in [3.8, 4) is 11.5 Å². The van der Waals surface area contributed by atoms with Crippen LogP contribution in [0.2, 0.25) is 0 Å². The molecule has 1 aromatic carbocycles. The predicted octanol–water partition coefficient (Wildman–Crippen LogP) is 2.50. The molecule has 1 fully saturated rings. The van der Waals surface area contributed by atoms with Gasteiger partial charge in [-0.1, -0.05) is 6.07 Å². The van der Waals surface area contributed by atoms with Crippen LogP contribution in [0.3, 0.4) is 0 Å². The summed E-state index contributed by atoms with van der Waals surface area (Å²) in [5.41, 5.74) is 2.24. The van der Waals surface area contributed by atoms with Gasteiger partial charge >= 0.3 is 0 Å². The number of hydrogen-bond acceptors (Lipinski definition) is 5. The summed E-state index contributed by atoms with van der Waals surface area (Å²) in [6, 6.07) is 5.86. The van der Waals surface area contributed by atoms with E-state index in [1.807, 2.05) is 49.5 Å². The van der Waals surface area contributed by atoms with Crippen molar-refractivity contribution >= 4 is 5.91 Å². The minimum atomic E-state index is 0.0457. The Morgan fingerprint density at radius 3 is 2.61 bits per heavy atom. The summed E-state index contributed by atoms with van der Waals surface area (Å²) in [4.78, 5) is 14.2. The van der Waals surface area contributed by atoms with E-state index in [2.05, 4.69) is 10.4 Å². The Labute approximate surface area is 166 Å². The monoisotopic (exact) mass is 386 g/mol. The van der Waals surface area contributed by atoms with Crippen LogP contribution >= 0.6 is 0 Å². The first-order valence-electron chi connectivity index (χ1n) is 10.00. The summed E-state index contributed by atoms with van der Waals surface area (Å²) in [5, 5.41) is 7.57. The first kappa shape index (κ1) is 20.2. The molecular formula is C21H30N4O3. The van der Waals surface area contributed by atoms with Gasteiger partial charge in [-0.15, -0.1) is 0 Å². The van der Waals surface area contributed by atoms with Crippen molar-refractivity contribution in [1.29, 1.82) is 0 Å². The van der Waals surface area contributed by atoms with Gasteiger partial charge in [-0.2, -0.15) is 5.10 Å². The van der Waals surface area contributed by atoms with E-state index in [4.69, 9.17) is 9.47 Å². The summed E-state index contributed by atoms with van der Waals surface area (Å²) in [6.45, 7) is 5.67. The molecule has 0 atom stereocenters. The molecule has 7 nitrogen and oxygen atoms in total. The number of carbonyl (C=O) groups is 1. The van der Waals surface area contributed by atoms with E-state index in [1.54, 1.807) is 4.68 Å². The average molecular weight is 386 g/mol. The zero-order valence-electron chi connectivity index (χ0n) is 16.8. The Bertz CT molecular complexity index is 769. The number of carbonyl (C=O) groups excluding carboxylic acids is 1. The van der Waals surface area contributed by atoms with Crippen LogP contribution in [0.1, 0.15) is 37.3 Å². The van der Waals surface area contributed by atoms with Crippen molar-refractivity contribution < 1.29 is 14.3 Å². The molecule has 0 spiro atoms. The normalized spacial score (nSPS) is 14.1. The van der Waals surface area contributed by atoms with Crippen molar-refractivity contribution in [3.05, 3.63) is 41.7 Å². The molecule has 0 aliphatic carbocycles. The van der Waals surface area contributed by atoms with Crippen molar-refractivity contribution in [3.63, 3.8) is 0 Å². The summed E-state index contributed by atoms with van der Waals surface area (Å²) in [7, 11) is 1.91. The lowest BCUT2D eigenvalue weighted by Gasteiger charge is -2.26. The molecule has 0 saturated carbocycles. The van der Waals surface area contributed by atoms with E-state index < -0.39 is 0 Å². The number of aromatic nitrogens is 2. The zero-order valence-corrected chi connectivity index (χ0v) is 16.8. The largest absolute Gasteiger partial charge is 0.490 e. The molecule has 152 valence electrons. The van der Waals surface area contributed by atoms with E-state index in [0.29, 0.717) is 24.7 Å². The summed E-state index contributed by atoms with van der Waals surface area (Å²) in [6.07, 6.45) is 7.21. The third-order valence-electron chi connectivity index (χ3n) is 4.78. The Morgan fingerprint density at radius 2 is 1.89 bits per heavy atom. The number of rotatable bonds is 9. The fourth-order valence-electron chi connectivity index (χ4n) is 3.34. The Morgan fingerprint density at radius 1 is 1.11 bits per heavy atom. The van der Waals surface area contributed by atoms with E-state index in [9.17, 15) is 4.79 Å². The fourth-order valence-corrected chi connectivity index (χ4v) is 3.34. The smallest absolute Gasteiger partial charge is 0.260 e. The predicted molar refractivity (Wildman–Crippen MR) is 107 cm³/mol. The third-order valence-corrected chi connectivity index (χ3v) is 4.78. The molecule has 0 unspecified atom stereocenters. The van der Waals surface area contributed by atoms with Crippen molar-refractivity contribution in [1.82, 2.24) is 20.0 Å². The van der Waals surface area contributed by atoms with Crippen LogP contribution in [-0.2, 0) is 24.9 Å². The number of amides is 1. The fraction of sp³-hybridized carbons (Fsp3) is 0.524. The van der Waals surface area contributed by atoms with Crippen molar-refractivity contribution in [2.75, 3.05) is 26.3 Å². The molecule has 1 aromatic heterocycles. The maximum atomic E-state index is 12.3. The number of piperidine rings is 1. The topological polar surface area (TPSA) is 68.6 Å². The molecule has 2 heterocycles. The van der Waals surface area contributed by atoms with Gasteiger partial charge in [0.25, 0.3) is 5.91 Å². The molecule has 7 heteroatoms. The Balaban J connectivity index is 1.54. The molecule has 1 aliphatic heterocycles. The summed E-state index contributed by atoms with van der Waals surface area (Å²) < 4.78 is 13.3. The van der Waals surface area contributed by atoms with E-state index >= 15 is 0 Å². The molecule has 1 amide bonds. The van der Waals surface area contributed by atoms with Gasteiger partial charge in [0.1, 0.15) is 0 Å². The average Bonchev–Trinajstić information content (AvgIpc) is 3.13. The SMILES string of the molecule is CCOc1cc(CNCc2cnn(C)c2)ccc1OCC(=O)N1CCCCC1. The van der Waals surface area contributed by atoms with E-state index in [0.717, 1.165) is 43.6 Å². The van der Waals surface area contributed by atoms with Gasteiger partial charge in [-0.3, -0.25) is 9.48 Å². The maximum Gasteiger partial charge on any atom is 0.260 e. The molecule has 0 radical (unpaired) electrons. The van der Waals surface area contributed by atoms with Crippen molar-refractivity contribution in [2.24, 2.45) is 7.05 Å². The second-order valence-electron chi connectivity index (χ2n) is 7.07. The molecule has 1 aliphatic rings. The second kappa shape index (κ2) is 10.1. The molecule has 1 N–H and O–H groups in total. The van der Waals surface area contributed by atoms with Gasteiger partial charge in [0.05, 0.1) is 12.8 Å². The van der Waals surface area contributed by atoms with Crippen LogP contribution < -0.4 is 14.8 Å². The highest BCUT2D eigenvalue weighted by atomic mass is 16.5. The number of likely N-dealkylation sites (tertiary alicyclic amines) is 1. The lowest BCUT2D eigenvalue weighted by molar-refractivity contribution is -0.134. The molecule has 1 saturated heterocycles. The number of nitrogens with zero attached hydrogens (tertiary/aromatic N) is 3. The van der Waals surface area contributed by atoms with Crippen LogP contribution in [0.4, 0.5) is 0 Å². The molecule has 3 rings (SSSR count). The molecular weight excluding hydrogens is 356 g/mol. The van der Waals surface area contributed by atoms with E-state index in [1.165, 1.54) is 6.42 Å². The minimum Gasteiger partial charge on any atom is -0.490 e. The Kier molecular flexibility index (Phi) is 7.31. The van der Waals surface area contributed by atoms with Gasteiger partial charge < -0.3 is 19.7 Å². The van der Waals surface area contributed by atoms with Crippen LogP contribution in [0, 0.1) is 0 Å². The number of aryl methyl sites for hydroxylation is 1. The quantitative estimate of drug-likeness (QED) is 0.717. The number of ether oxygens (including phenoxy) is 2. The van der Waals surface area contributed by atoms with Crippen LogP contribution in [0.15, 0.2) is 30.6 Å². The van der Waals surface area contributed by atoms with Crippen LogP contribution in [-0.4, -0.2) is 46.9 Å². The van der Waals surface area contributed by atoms with Gasteiger partial charge in [0, 0.05) is 45.0 Å². The highest BCUT2D eigenvalue weighted by Crippen LogP contribution is 2.28. The molecule has 28 heavy (non-hydrogen) atoms. The van der Waals surface area contributed by atoms with Crippen LogP contribution in [0.5, 0.6) is 11.5 Å². The van der Waals surface area contributed by atoms with E-state index in [-0.39, 0.29) is 12.5 Å². The number of nitrogens with one attached hydrogen (secondary N) is 1. The lowest BCUT2D eigenvalue weighted by atomic mass is 10.1. The van der Waals surface area contributed by atoms with Gasteiger partial charge in [-0.05, 0) is 43.9 Å². The highest BCUT2D eigenvalue weighted by molar-refractivity contribution is 5.78. The van der Waals surface area contributed by atoms with Crippen molar-refractivity contribution in [2.45, 2.75) is 39.3 Å². The summed E-state index contributed by atoms with van der Waals surface area (Å²) >= 11 is 0. The van der Waals surface area contributed by atoms with Gasteiger partial charge in [-0.25, -0.2) is 0 Å². The maximum absolute atomic E-state index is 12.3. The zero-order chi connectivity index (χ0) is 19.8. The number of hydrogen-bond donors (Lipinski definition) is 1. The Hall–Kier alpha value is -2.54.